The molecule has 1 saturated heterocycles. The molecule has 2 nitrogen and oxygen atoms in total. The maximum absolute atomic E-state index is 5.39. The van der Waals surface area contributed by atoms with Crippen molar-refractivity contribution in [3.63, 3.8) is 0 Å². The molecule has 1 aromatic rings. The molecule has 1 aliphatic heterocycles. The lowest BCUT2D eigenvalue weighted by Crippen LogP contribution is -1.99. The van der Waals surface area contributed by atoms with Crippen LogP contribution in [0.3, 0.4) is 0 Å². The SMILES string of the molecule is CC(CC1OC1C)c1ccncc1. The average Bonchev–Trinajstić information content (AvgIpc) is 2.83. The van der Waals surface area contributed by atoms with E-state index < -0.39 is 0 Å². The Morgan fingerprint density at radius 3 is 2.62 bits per heavy atom. The zero-order valence-electron chi connectivity index (χ0n) is 8.10. The zero-order valence-corrected chi connectivity index (χ0v) is 8.10. The predicted molar refractivity (Wildman–Crippen MR) is 51.6 cm³/mol. The van der Waals surface area contributed by atoms with Crippen LogP contribution in [0.5, 0.6) is 0 Å². The smallest absolute Gasteiger partial charge is 0.0844 e. The summed E-state index contributed by atoms with van der Waals surface area (Å²) >= 11 is 0. The number of epoxide rings is 1. The number of ether oxygens (including phenoxy) is 1. The van der Waals surface area contributed by atoms with Crippen molar-refractivity contribution in [3.05, 3.63) is 30.1 Å². The van der Waals surface area contributed by atoms with E-state index in [1.54, 1.807) is 0 Å². The molecular formula is C11H15NO. The van der Waals surface area contributed by atoms with E-state index in [0.29, 0.717) is 18.1 Å². The van der Waals surface area contributed by atoms with Crippen LogP contribution in [0.4, 0.5) is 0 Å². The summed E-state index contributed by atoms with van der Waals surface area (Å²) < 4.78 is 5.39. The Hall–Kier alpha value is -0.890. The Balaban J connectivity index is 1.94. The predicted octanol–water partition coefficient (Wildman–Crippen LogP) is 2.36. The fraction of sp³-hybridized carbons (Fsp3) is 0.545. The molecule has 70 valence electrons. The zero-order chi connectivity index (χ0) is 9.26. The van der Waals surface area contributed by atoms with Crippen LogP contribution >= 0.6 is 0 Å². The monoisotopic (exact) mass is 177 g/mol. The third-order valence-corrected chi connectivity index (χ3v) is 2.70. The van der Waals surface area contributed by atoms with Crippen LogP contribution in [0.15, 0.2) is 24.5 Å². The molecule has 1 aromatic heterocycles. The molecule has 0 saturated carbocycles. The van der Waals surface area contributed by atoms with Crippen LogP contribution < -0.4 is 0 Å². The van der Waals surface area contributed by atoms with E-state index in [4.69, 9.17) is 4.74 Å². The van der Waals surface area contributed by atoms with Gasteiger partial charge >= 0.3 is 0 Å². The number of nitrogens with zero attached hydrogens (tertiary/aromatic N) is 1. The van der Waals surface area contributed by atoms with E-state index in [9.17, 15) is 0 Å². The van der Waals surface area contributed by atoms with Gasteiger partial charge in [0, 0.05) is 12.4 Å². The molecule has 2 heteroatoms. The van der Waals surface area contributed by atoms with Gasteiger partial charge in [0.05, 0.1) is 12.2 Å². The third kappa shape index (κ3) is 2.07. The second kappa shape index (κ2) is 3.46. The Morgan fingerprint density at radius 2 is 2.08 bits per heavy atom. The van der Waals surface area contributed by atoms with Gasteiger partial charge in [-0.25, -0.2) is 0 Å². The first-order valence-corrected chi connectivity index (χ1v) is 4.83. The maximum atomic E-state index is 5.39. The lowest BCUT2D eigenvalue weighted by atomic mass is 9.96. The third-order valence-electron chi connectivity index (χ3n) is 2.70. The van der Waals surface area contributed by atoms with Gasteiger partial charge in [0.1, 0.15) is 0 Å². The van der Waals surface area contributed by atoms with Gasteiger partial charge in [0.15, 0.2) is 0 Å². The summed E-state index contributed by atoms with van der Waals surface area (Å²) in [5.74, 6) is 0.581. The fourth-order valence-corrected chi connectivity index (χ4v) is 1.65. The number of aromatic nitrogens is 1. The van der Waals surface area contributed by atoms with Gasteiger partial charge in [-0.1, -0.05) is 6.92 Å². The highest BCUT2D eigenvalue weighted by Crippen LogP contribution is 2.31. The number of hydrogen-bond donors (Lipinski definition) is 0. The Labute approximate surface area is 78.9 Å². The molecule has 0 bridgehead atoms. The Bertz CT molecular complexity index is 273. The van der Waals surface area contributed by atoms with E-state index in [1.165, 1.54) is 5.56 Å². The maximum Gasteiger partial charge on any atom is 0.0844 e. The number of pyridine rings is 1. The Kier molecular flexibility index (Phi) is 2.32. The highest BCUT2D eigenvalue weighted by molar-refractivity contribution is 5.15. The molecule has 0 N–H and O–H groups in total. The summed E-state index contributed by atoms with van der Waals surface area (Å²) in [6.45, 7) is 4.37. The summed E-state index contributed by atoms with van der Waals surface area (Å²) in [4.78, 5) is 4.01. The molecule has 2 heterocycles. The van der Waals surface area contributed by atoms with Crippen molar-refractivity contribution >= 4 is 0 Å². The highest BCUT2D eigenvalue weighted by Gasteiger charge is 2.35. The molecule has 0 radical (unpaired) electrons. The van der Waals surface area contributed by atoms with Crippen LogP contribution in [0.2, 0.25) is 0 Å². The van der Waals surface area contributed by atoms with E-state index in [1.807, 2.05) is 12.4 Å². The van der Waals surface area contributed by atoms with Gasteiger partial charge in [-0.2, -0.15) is 0 Å². The first-order valence-electron chi connectivity index (χ1n) is 4.83. The van der Waals surface area contributed by atoms with Gasteiger partial charge in [0.25, 0.3) is 0 Å². The molecule has 3 atom stereocenters. The summed E-state index contributed by atoms with van der Waals surface area (Å²) in [6, 6.07) is 4.16. The number of rotatable bonds is 3. The minimum Gasteiger partial charge on any atom is -0.370 e. The Morgan fingerprint density at radius 1 is 1.46 bits per heavy atom. The van der Waals surface area contributed by atoms with Crippen molar-refractivity contribution < 1.29 is 4.74 Å². The van der Waals surface area contributed by atoms with Crippen LogP contribution in [-0.2, 0) is 4.74 Å². The topological polar surface area (TPSA) is 25.4 Å². The van der Waals surface area contributed by atoms with Gasteiger partial charge < -0.3 is 4.74 Å². The molecule has 3 unspecified atom stereocenters. The fourth-order valence-electron chi connectivity index (χ4n) is 1.65. The summed E-state index contributed by atoms with van der Waals surface area (Å²) in [5.41, 5.74) is 1.36. The van der Waals surface area contributed by atoms with Crippen molar-refractivity contribution in [1.29, 1.82) is 0 Å². The van der Waals surface area contributed by atoms with E-state index in [-0.39, 0.29) is 0 Å². The molecule has 1 aliphatic rings. The van der Waals surface area contributed by atoms with Gasteiger partial charge in [-0.15, -0.1) is 0 Å². The lowest BCUT2D eigenvalue weighted by Gasteiger charge is -2.08. The summed E-state index contributed by atoms with van der Waals surface area (Å²) in [6.07, 6.45) is 5.80. The first kappa shape index (κ1) is 8.70. The lowest BCUT2D eigenvalue weighted by molar-refractivity contribution is 0.362. The van der Waals surface area contributed by atoms with Crippen LogP contribution in [0.25, 0.3) is 0 Å². The minimum atomic E-state index is 0.476. The first-order chi connectivity index (χ1) is 6.27. The standard InChI is InChI=1S/C11H15NO/c1-8(7-11-9(2)13-11)10-3-5-12-6-4-10/h3-6,8-9,11H,7H2,1-2H3. The van der Waals surface area contributed by atoms with Crippen LogP contribution in [0.1, 0.15) is 31.7 Å². The summed E-state index contributed by atoms with van der Waals surface area (Å²) in [5, 5.41) is 0. The molecule has 2 rings (SSSR count). The molecule has 1 fully saturated rings. The van der Waals surface area contributed by atoms with Gasteiger partial charge in [0.2, 0.25) is 0 Å². The average molecular weight is 177 g/mol. The molecule has 0 aliphatic carbocycles. The second-order valence-corrected chi connectivity index (χ2v) is 3.80. The van der Waals surface area contributed by atoms with Gasteiger partial charge in [-0.3, -0.25) is 4.98 Å². The van der Waals surface area contributed by atoms with Crippen molar-refractivity contribution in [3.8, 4) is 0 Å². The van der Waals surface area contributed by atoms with Crippen molar-refractivity contribution in [2.75, 3.05) is 0 Å². The highest BCUT2D eigenvalue weighted by atomic mass is 16.6. The molecule has 0 amide bonds. The number of hydrogen-bond acceptors (Lipinski definition) is 2. The van der Waals surface area contributed by atoms with Crippen molar-refractivity contribution in [2.24, 2.45) is 0 Å². The van der Waals surface area contributed by atoms with Gasteiger partial charge in [-0.05, 0) is 37.0 Å². The molecule has 0 spiro atoms. The van der Waals surface area contributed by atoms with Crippen LogP contribution in [-0.4, -0.2) is 17.2 Å². The van der Waals surface area contributed by atoms with Crippen molar-refractivity contribution in [1.82, 2.24) is 4.98 Å². The quantitative estimate of drug-likeness (QED) is 0.662. The second-order valence-electron chi connectivity index (χ2n) is 3.80. The molecule has 0 aromatic carbocycles. The van der Waals surface area contributed by atoms with E-state index in [0.717, 1.165) is 6.42 Å². The largest absolute Gasteiger partial charge is 0.370 e. The summed E-state index contributed by atoms with van der Waals surface area (Å²) in [7, 11) is 0. The van der Waals surface area contributed by atoms with Crippen LogP contribution in [0, 0.1) is 0 Å². The van der Waals surface area contributed by atoms with Crippen molar-refractivity contribution in [2.45, 2.75) is 38.4 Å². The molecule has 13 heavy (non-hydrogen) atoms. The van der Waals surface area contributed by atoms with E-state index in [2.05, 4.69) is 31.0 Å². The minimum absolute atomic E-state index is 0.476. The van der Waals surface area contributed by atoms with E-state index >= 15 is 0 Å². The normalized spacial score (nSPS) is 28.5. The molecular weight excluding hydrogens is 162 g/mol.